The summed E-state index contributed by atoms with van der Waals surface area (Å²) in [7, 11) is 0. The molecule has 0 aromatic carbocycles. The van der Waals surface area contributed by atoms with Crippen molar-refractivity contribution in [2.45, 2.75) is 82.7 Å². The first-order valence-corrected chi connectivity index (χ1v) is 8.40. The van der Waals surface area contributed by atoms with Gasteiger partial charge in [-0.15, -0.1) is 0 Å². The summed E-state index contributed by atoms with van der Waals surface area (Å²) < 4.78 is 10.9. The average Bonchev–Trinajstić information content (AvgIpc) is 2.49. The summed E-state index contributed by atoms with van der Waals surface area (Å²) in [5.74, 6) is 0. The molecule has 4 atom stereocenters. The maximum Gasteiger partial charge on any atom is 0.114 e. The molecule has 1 aliphatic heterocycles. The Morgan fingerprint density at radius 1 is 1.00 bits per heavy atom. The Balaban J connectivity index is 2.07. The molecule has 1 aliphatic rings. The van der Waals surface area contributed by atoms with Gasteiger partial charge in [-0.05, 0) is 6.42 Å². The molecule has 0 bridgehead atoms. The molecule has 0 amide bonds. The van der Waals surface area contributed by atoms with Gasteiger partial charge in [0.15, 0.2) is 0 Å². The monoisotopic (exact) mass is 304 g/mol. The zero-order valence-corrected chi connectivity index (χ0v) is 13.2. The quantitative estimate of drug-likeness (QED) is 0.506. The van der Waals surface area contributed by atoms with Crippen LogP contribution >= 0.6 is 0 Å². The second-order valence-corrected chi connectivity index (χ2v) is 5.92. The molecule has 126 valence electrons. The minimum atomic E-state index is -0.982. The van der Waals surface area contributed by atoms with Gasteiger partial charge in [-0.2, -0.15) is 0 Å². The molecule has 1 heterocycles. The highest BCUT2D eigenvalue weighted by molar-refractivity contribution is 4.87. The Hall–Kier alpha value is -0.200. The Labute approximate surface area is 128 Å². The zero-order valence-electron chi connectivity index (χ0n) is 13.2. The van der Waals surface area contributed by atoms with Crippen molar-refractivity contribution >= 4 is 0 Å². The summed E-state index contributed by atoms with van der Waals surface area (Å²) in [4.78, 5) is 0. The summed E-state index contributed by atoms with van der Waals surface area (Å²) in [6.07, 6.45) is 6.67. The molecule has 5 heteroatoms. The van der Waals surface area contributed by atoms with Crippen LogP contribution in [0.4, 0.5) is 0 Å². The fourth-order valence-electron chi connectivity index (χ4n) is 2.67. The summed E-state index contributed by atoms with van der Waals surface area (Å²) in [6.45, 7) is 2.59. The van der Waals surface area contributed by atoms with E-state index in [1.54, 1.807) is 0 Å². The van der Waals surface area contributed by atoms with Crippen LogP contribution in [0.1, 0.15) is 58.3 Å². The first-order valence-electron chi connectivity index (χ1n) is 8.40. The van der Waals surface area contributed by atoms with Gasteiger partial charge >= 0.3 is 0 Å². The molecule has 1 rings (SSSR count). The lowest BCUT2D eigenvalue weighted by Gasteiger charge is -2.37. The van der Waals surface area contributed by atoms with Crippen LogP contribution in [0.25, 0.3) is 0 Å². The molecule has 1 saturated heterocycles. The van der Waals surface area contributed by atoms with Crippen molar-refractivity contribution in [3.8, 4) is 0 Å². The Bertz CT molecular complexity index is 247. The molecular weight excluding hydrogens is 272 g/mol. The number of ether oxygens (including phenoxy) is 2. The predicted molar refractivity (Wildman–Crippen MR) is 81.2 cm³/mol. The fourth-order valence-corrected chi connectivity index (χ4v) is 2.67. The number of hydrogen-bond donors (Lipinski definition) is 3. The molecule has 0 aromatic rings. The maximum atomic E-state index is 9.90. The third-order valence-corrected chi connectivity index (χ3v) is 4.07. The highest BCUT2D eigenvalue weighted by Gasteiger charge is 2.39. The van der Waals surface area contributed by atoms with E-state index in [1.165, 1.54) is 38.5 Å². The molecule has 0 aromatic heterocycles. The number of aliphatic hydroxyl groups excluding tert-OH is 3. The SMILES string of the molecule is CCCCCCCCCCO[C@H]1[C@H](O)[C@@H](O)CO[C@@H]1CO. The summed E-state index contributed by atoms with van der Waals surface area (Å²) >= 11 is 0. The first-order chi connectivity index (χ1) is 10.2. The zero-order chi connectivity index (χ0) is 15.5. The van der Waals surface area contributed by atoms with Crippen LogP contribution in [0.15, 0.2) is 0 Å². The van der Waals surface area contributed by atoms with E-state index in [0.29, 0.717) is 6.61 Å². The van der Waals surface area contributed by atoms with Crippen LogP contribution in [-0.4, -0.2) is 59.6 Å². The van der Waals surface area contributed by atoms with E-state index < -0.39 is 24.4 Å². The van der Waals surface area contributed by atoms with Crippen molar-refractivity contribution in [1.29, 1.82) is 0 Å². The van der Waals surface area contributed by atoms with Crippen molar-refractivity contribution < 1.29 is 24.8 Å². The second-order valence-electron chi connectivity index (χ2n) is 5.92. The van der Waals surface area contributed by atoms with Crippen LogP contribution in [-0.2, 0) is 9.47 Å². The molecule has 1 fully saturated rings. The third-order valence-electron chi connectivity index (χ3n) is 4.07. The normalized spacial score (nSPS) is 29.7. The number of unbranched alkanes of at least 4 members (excludes halogenated alkanes) is 7. The van der Waals surface area contributed by atoms with Crippen molar-refractivity contribution in [3.05, 3.63) is 0 Å². The highest BCUT2D eigenvalue weighted by Crippen LogP contribution is 2.19. The second kappa shape index (κ2) is 11.4. The van der Waals surface area contributed by atoms with Crippen LogP contribution in [0.3, 0.4) is 0 Å². The number of aliphatic hydroxyl groups is 3. The van der Waals surface area contributed by atoms with Crippen molar-refractivity contribution in [2.24, 2.45) is 0 Å². The molecule has 0 spiro atoms. The Morgan fingerprint density at radius 3 is 2.24 bits per heavy atom. The van der Waals surface area contributed by atoms with Crippen LogP contribution in [0.5, 0.6) is 0 Å². The molecule has 0 radical (unpaired) electrons. The van der Waals surface area contributed by atoms with Crippen molar-refractivity contribution in [1.82, 2.24) is 0 Å². The molecular formula is C16H32O5. The van der Waals surface area contributed by atoms with E-state index >= 15 is 0 Å². The van der Waals surface area contributed by atoms with Crippen molar-refractivity contribution in [2.75, 3.05) is 19.8 Å². The van der Waals surface area contributed by atoms with Gasteiger partial charge in [-0.3, -0.25) is 0 Å². The van der Waals surface area contributed by atoms with Gasteiger partial charge in [0.25, 0.3) is 0 Å². The third kappa shape index (κ3) is 7.06. The predicted octanol–water partition coefficient (Wildman–Crippen LogP) is 1.63. The Kier molecular flexibility index (Phi) is 10.2. The fraction of sp³-hybridized carbons (Fsp3) is 1.00. The van der Waals surface area contributed by atoms with E-state index in [4.69, 9.17) is 9.47 Å². The molecule has 0 saturated carbocycles. The van der Waals surface area contributed by atoms with E-state index in [1.807, 2.05) is 0 Å². The summed E-state index contributed by atoms with van der Waals surface area (Å²) in [6, 6.07) is 0. The summed E-state index contributed by atoms with van der Waals surface area (Å²) in [5, 5.41) is 28.7. The smallest absolute Gasteiger partial charge is 0.114 e. The van der Waals surface area contributed by atoms with E-state index in [9.17, 15) is 15.3 Å². The number of hydrogen-bond acceptors (Lipinski definition) is 5. The van der Waals surface area contributed by atoms with E-state index in [0.717, 1.165) is 12.8 Å². The maximum absolute atomic E-state index is 9.90. The van der Waals surface area contributed by atoms with Gasteiger partial charge in [-0.25, -0.2) is 0 Å². The average molecular weight is 304 g/mol. The van der Waals surface area contributed by atoms with Gasteiger partial charge in [-0.1, -0.05) is 51.9 Å². The minimum Gasteiger partial charge on any atom is -0.394 e. The van der Waals surface area contributed by atoms with E-state index in [-0.39, 0.29) is 13.2 Å². The standard InChI is InChI=1S/C16H32O5/c1-2-3-4-5-6-7-8-9-10-20-16-14(11-17)21-12-13(18)15(16)19/h13-19H,2-12H2,1H3/t13-,14+,15+,16+/m0/s1. The van der Waals surface area contributed by atoms with Crippen LogP contribution in [0, 0.1) is 0 Å². The van der Waals surface area contributed by atoms with E-state index in [2.05, 4.69) is 6.92 Å². The molecule has 21 heavy (non-hydrogen) atoms. The number of rotatable bonds is 11. The van der Waals surface area contributed by atoms with Crippen LogP contribution in [0.2, 0.25) is 0 Å². The van der Waals surface area contributed by atoms with Crippen LogP contribution < -0.4 is 0 Å². The van der Waals surface area contributed by atoms with Crippen molar-refractivity contribution in [3.63, 3.8) is 0 Å². The largest absolute Gasteiger partial charge is 0.394 e. The Morgan fingerprint density at radius 2 is 1.62 bits per heavy atom. The topological polar surface area (TPSA) is 79.2 Å². The lowest BCUT2D eigenvalue weighted by Crippen LogP contribution is -2.55. The lowest BCUT2D eigenvalue weighted by atomic mass is 10.0. The lowest BCUT2D eigenvalue weighted by molar-refractivity contribution is -0.211. The van der Waals surface area contributed by atoms with Gasteiger partial charge < -0.3 is 24.8 Å². The summed E-state index contributed by atoms with van der Waals surface area (Å²) in [5.41, 5.74) is 0. The van der Waals surface area contributed by atoms with Gasteiger partial charge in [0.1, 0.15) is 24.4 Å². The minimum absolute atomic E-state index is 0.0456. The van der Waals surface area contributed by atoms with Gasteiger partial charge in [0, 0.05) is 6.61 Å². The molecule has 0 unspecified atom stereocenters. The molecule has 3 N–H and O–H groups in total. The molecule has 5 nitrogen and oxygen atoms in total. The van der Waals surface area contributed by atoms with Gasteiger partial charge in [0.05, 0.1) is 13.2 Å². The molecule has 0 aliphatic carbocycles. The highest BCUT2D eigenvalue weighted by atomic mass is 16.6. The van der Waals surface area contributed by atoms with Gasteiger partial charge in [0.2, 0.25) is 0 Å². The first kappa shape index (κ1) is 18.8.